The Morgan fingerprint density at radius 2 is 1.78 bits per heavy atom. The lowest BCUT2D eigenvalue weighted by molar-refractivity contribution is 0.284. The van der Waals surface area contributed by atoms with Gasteiger partial charge in [0, 0.05) is 17.3 Å². The first kappa shape index (κ1) is 12.3. The minimum atomic E-state index is -0.843. The first-order chi connectivity index (χ1) is 8.58. The van der Waals surface area contributed by atoms with Crippen molar-refractivity contribution in [1.29, 1.82) is 0 Å². The number of nitrogen functional groups attached to an aromatic ring is 1. The summed E-state index contributed by atoms with van der Waals surface area (Å²) in [5, 5.41) is 0. The van der Waals surface area contributed by atoms with E-state index < -0.39 is 17.5 Å². The van der Waals surface area contributed by atoms with Gasteiger partial charge in [0.25, 0.3) is 0 Å². The molecule has 0 aliphatic carbocycles. The normalized spacial score (nSPS) is 10.4. The molecule has 0 bridgehead atoms. The van der Waals surface area contributed by atoms with Crippen LogP contribution in [0.3, 0.4) is 0 Å². The van der Waals surface area contributed by atoms with E-state index in [1.54, 1.807) is 0 Å². The number of nitrogens with two attached hydrogens (primary N) is 1. The van der Waals surface area contributed by atoms with E-state index in [9.17, 15) is 13.2 Å². The van der Waals surface area contributed by atoms with Gasteiger partial charge in [0.15, 0.2) is 11.6 Å². The van der Waals surface area contributed by atoms with E-state index in [2.05, 4.69) is 0 Å². The number of rotatable bonds is 3. The van der Waals surface area contributed by atoms with Crippen LogP contribution in [0.4, 0.5) is 18.9 Å². The van der Waals surface area contributed by atoms with E-state index >= 15 is 0 Å². The number of ether oxygens (including phenoxy) is 1. The van der Waals surface area contributed by atoms with Gasteiger partial charge in [-0.05, 0) is 24.3 Å². The second-order valence-corrected chi connectivity index (χ2v) is 3.67. The van der Waals surface area contributed by atoms with Crippen molar-refractivity contribution in [2.45, 2.75) is 6.61 Å². The fourth-order valence-electron chi connectivity index (χ4n) is 1.47. The molecule has 2 aromatic rings. The van der Waals surface area contributed by atoms with Crippen LogP contribution in [0.15, 0.2) is 36.4 Å². The molecule has 2 rings (SSSR count). The largest absolute Gasteiger partial charge is 0.486 e. The molecule has 0 unspecified atom stereocenters. The van der Waals surface area contributed by atoms with Crippen LogP contribution < -0.4 is 10.5 Å². The van der Waals surface area contributed by atoms with Crippen molar-refractivity contribution in [1.82, 2.24) is 0 Å². The predicted molar refractivity (Wildman–Crippen MR) is 61.5 cm³/mol. The molecule has 18 heavy (non-hydrogen) atoms. The molecule has 0 heterocycles. The Morgan fingerprint density at radius 1 is 1.00 bits per heavy atom. The van der Waals surface area contributed by atoms with Crippen LogP contribution in [0.5, 0.6) is 5.75 Å². The molecule has 0 aliphatic rings. The zero-order valence-corrected chi connectivity index (χ0v) is 9.29. The average Bonchev–Trinajstić information content (AvgIpc) is 2.31. The maximum atomic E-state index is 13.4. The summed E-state index contributed by atoms with van der Waals surface area (Å²) in [5.41, 5.74) is 5.93. The fourth-order valence-corrected chi connectivity index (χ4v) is 1.47. The van der Waals surface area contributed by atoms with Gasteiger partial charge in [-0.2, -0.15) is 0 Å². The molecule has 2 N–H and O–H groups in total. The minimum Gasteiger partial charge on any atom is -0.486 e. The van der Waals surface area contributed by atoms with Crippen molar-refractivity contribution in [2.24, 2.45) is 0 Å². The van der Waals surface area contributed by atoms with E-state index in [4.69, 9.17) is 10.5 Å². The van der Waals surface area contributed by atoms with Crippen molar-refractivity contribution < 1.29 is 17.9 Å². The molecule has 0 fully saturated rings. The minimum absolute atomic E-state index is 0.140. The van der Waals surface area contributed by atoms with E-state index in [-0.39, 0.29) is 23.6 Å². The zero-order valence-electron chi connectivity index (χ0n) is 9.29. The summed E-state index contributed by atoms with van der Waals surface area (Å²) in [6, 6.07) is 7.11. The number of halogens is 3. The molecule has 0 aliphatic heterocycles. The van der Waals surface area contributed by atoms with Crippen LogP contribution in [0.1, 0.15) is 5.56 Å². The third kappa shape index (κ3) is 2.56. The van der Waals surface area contributed by atoms with Crippen LogP contribution >= 0.6 is 0 Å². The lowest BCUT2D eigenvalue weighted by atomic mass is 10.2. The monoisotopic (exact) mass is 253 g/mol. The maximum Gasteiger partial charge on any atom is 0.167 e. The Labute approximate surface area is 102 Å². The number of benzene rings is 2. The van der Waals surface area contributed by atoms with Gasteiger partial charge in [0.2, 0.25) is 0 Å². The second kappa shape index (κ2) is 5.00. The third-order valence-corrected chi connectivity index (χ3v) is 2.42. The summed E-state index contributed by atoms with van der Waals surface area (Å²) in [6.07, 6.45) is 0. The van der Waals surface area contributed by atoms with E-state index in [1.807, 2.05) is 0 Å². The van der Waals surface area contributed by atoms with Crippen molar-refractivity contribution in [3.05, 3.63) is 59.4 Å². The summed E-state index contributed by atoms with van der Waals surface area (Å²) in [4.78, 5) is 0. The van der Waals surface area contributed by atoms with Gasteiger partial charge in [-0.25, -0.2) is 13.2 Å². The molecule has 94 valence electrons. The highest BCUT2D eigenvalue weighted by molar-refractivity contribution is 5.47. The highest BCUT2D eigenvalue weighted by Gasteiger charge is 2.09. The quantitative estimate of drug-likeness (QED) is 0.852. The van der Waals surface area contributed by atoms with E-state index in [0.717, 1.165) is 12.1 Å². The van der Waals surface area contributed by atoms with Gasteiger partial charge >= 0.3 is 0 Å². The summed E-state index contributed by atoms with van der Waals surface area (Å²) < 4.78 is 44.4. The molecule has 0 saturated carbocycles. The Balaban J connectivity index is 2.16. The standard InChI is InChI=1S/C13H10F3NO/c14-8-4-5-13(11(16)6-8)18-7-9-10(15)2-1-3-12(9)17/h1-6H,7,17H2. The highest BCUT2D eigenvalue weighted by atomic mass is 19.1. The molecule has 0 spiro atoms. The molecular formula is C13H10F3NO. The van der Waals surface area contributed by atoms with Crippen LogP contribution in [0.2, 0.25) is 0 Å². The van der Waals surface area contributed by atoms with Gasteiger partial charge in [-0.15, -0.1) is 0 Å². The van der Waals surface area contributed by atoms with Crippen LogP contribution in [0, 0.1) is 17.5 Å². The fraction of sp³-hybridized carbons (Fsp3) is 0.0769. The molecule has 0 atom stereocenters. The molecule has 0 radical (unpaired) electrons. The SMILES string of the molecule is Nc1cccc(F)c1COc1ccc(F)cc1F. The third-order valence-electron chi connectivity index (χ3n) is 2.42. The molecule has 2 nitrogen and oxygen atoms in total. The van der Waals surface area contributed by atoms with E-state index in [1.165, 1.54) is 18.2 Å². The number of hydrogen-bond acceptors (Lipinski definition) is 2. The van der Waals surface area contributed by atoms with Crippen LogP contribution in [-0.2, 0) is 6.61 Å². The summed E-state index contributed by atoms with van der Waals surface area (Å²) >= 11 is 0. The van der Waals surface area contributed by atoms with E-state index in [0.29, 0.717) is 6.07 Å². The topological polar surface area (TPSA) is 35.2 Å². The molecular weight excluding hydrogens is 243 g/mol. The maximum absolute atomic E-state index is 13.4. The second-order valence-electron chi connectivity index (χ2n) is 3.67. The summed E-state index contributed by atoms with van der Waals surface area (Å²) in [7, 11) is 0. The summed E-state index contributed by atoms with van der Waals surface area (Å²) in [6.45, 7) is -0.221. The smallest absolute Gasteiger partial charge is 0.167 e. The van der Waals surface area contributed by atoms with Gasteiger partial charge < -0.3 is 10.5 Å². The average molecular weight is 253 g/mol. The van der Waals surface area contributed by atoms with Crippen molar-refractivity contribution in [2.75, 3.05) is 5.73 Å². The van der Waals surface area contributed by atoms with Gasteiger partial charge in [-0.3, -0.25) is 0 Å². The number of anilines is 1. The number of hydrogen-bond donors (Lipinski definition) is 1. The predicted octanol–water partition coefficient (Wildman–Crippen LogP) is 3.27. The Morgan fingerprint density at radius 3 is 2.44 bits per heavy atom. The molecule has 2 aromatic carbocycles. The molecule has 0 amide bonds. The van der Waals surface area contributed by atoms with Crippen LogP contribution in [-0.4, -0.2) is 0 Å². The lowest BCUT2D eigenvalue weighted by Gasteiger charge is -2.10. The Kier molecular flexibility index (Phi) is 3.41. The lowest BCUT2D eigenvalue weighted by Crippen LogP contribution is -2.04. The van der Waals surface area contributed by atoms with Crippen molar-refractivity contribution >= 4 is 5.69 Å². The van der Waals surface area contributed by atoms with Crippen molar-refractivity contribution in [3.63, 3.8) is 0 Å². The zero-order chi connectivity index (χ0) is 13.1. The molecule has 0 saturated heterocycles. The van der Waals surface area contributed by atoms with Gasteiger partial charge in [0.05, 0.1) is 0 Å². The Hall–Kier alpha value is -2.17. The molecule has 5 heteroatoms. The molecule has 0 aromatic heterocycles. The summed E-state index contributed by atoms with van der Waals surface area (Å²) in [5.74, 6) is -2.23. The van der Waals surface area contributed by atoms with Crippen LogP contribution in [0.25, 0.3) is 0 Å². The first-order valence-electron chi connectivity index (χ1n) is 5.18. The van der Waals surface area contributed by atoms with Crippen molar-refractivity contribution in [3.8, 4) is 5.75 Å². The Bertz CT molecular complexity index is 552. The first-order valence-corrected chi connectivity index (χ1v) is 5.18. The highest BCUT2D eigenvalue weighted by Crippen LogP contribution is 2.22. The van der Waals surface area contributed by atoms with Gasteiger partial charge in [0.1, 0.15) is 18.2 Å². The van der Waals surface area contributed by atoms with Gasteiger partial charge in [-0.1, -0.05) is 6.07 Å².